The summed E-state index contributed by atoms with van der Waals surface area (Å²) >= 11 is 0. The van der Waals surface area contributed by atoms with E-state index in [0.29, 0.717) is 0 Å². The van der Waals surface area contributed by atoms with Gasteiger partial charge < -0.3 is 22.8 Å². The van der Waals surface area contributed by atoms with Gasteiger partial charge in [0, 0.05) is 33.6 Å². The van der Waals surface area contributed by atoms with Crippen molar-refractivity contribution in [1.82, 2.24) is 0 Å². The molecular weight excluding hydrogens is 252 g/mol. The van der Waals surface area contributed by atoms with Crippen LogP contribution in [0.3, 0.4) is 0 Å². The summed E-state index contributed by atoms with van der Waals surface area (Å²) in [5.41, 5.74) is 0. The van der Waals surface area contributed by atoms with Crippen molar-refractivity contribution in [2.45, 2.75) is 13.2 Å². The summed E-state index contributed by atoms with van der Waals surface area (Å²) in [4.78, 5) is 0. The Kier molecular flexibility index (Phi) is 5.77. The lowest BCUT2D eigenvalue weighted by atomic mass is 10.3. The Morgan fingerprint density at radius 1 is 0.889 bits per heavy atom. The lowest BCUT2D eigenvalue weighted by Gasteiger charge is -2.24. The first-order valence-electron chi connectivity index (χ1n) is 5.57. The third-order valence-electron chi connectivity index (χ3n) is 2.65. The van der Waals surface area contributed by atoms with Gasteiger partial charge in [0.15, 0.2) is 6.29 Å². The normalized spacial score (nSPS) is 13.4. The van der Waals surface area contributed by atoms with E-state index in [0.717, 1.165) is 10.9 Å². The number of ether oxygens (including phenoxy) is 2. The highest BCUT2D eigenvalue weighted by Crippen LogP contribution is 2.14. The molecule has 18 heavy (non-hydrogen) atoms. The van der Waals surface area contributed by atoms with Crippen LogP contribution in [0.25, 0.3) is 0 Å². The van der Waals surface area contributed by atoms with Crippen LogP contribution in [0.4, 0.5) is 0 Å². The molecule has 0 fully saturated rings. The van der Waals surface area contributed by atoms with Crippen molar-refractivity contribution in [3.05, 3.63) is 24.3 Å². The van der Waals surface area contributed by atoms with E-state index in [2.05, 4.69) is 0 Å². The molecule has 0 saturated heterocycles. The van der Waals surface area contributed by atoms with Crippen LogP contribution in [0.5, 0.6) is 5.75 Å². The number of rotatable bonds is 7. The fourth-order valence-corrected chi connectivity index (χ4v) is 3.36. The minimum Gasteiger partial charge on any atom is -0.465 e. The highest BCUT2D eigenvalue weighted by atomic mass is 28.4. The predicted octanol–water partition coefficient (Wildman–Crippen LogP) is 1.14. The summed E-state index contributed by atoms with van der Waals surface area (Å²) in [6.45, 7) is 1.83. The fraction of sp³-hybridized carbons (Fsp3) is 0.500. The minimum atomic E-state index is -2.75. The Morgan fingerprint density at radius 3 is 1.78 bits per heavy atom. The highest BCUT2D eigenvalue weighted by Gasteiger charge is 2.40. The zero-order valence-electron chi connectivity index (χ0n) is 11.4. The van der Waals surface area contributed by atoms with Crippen molar-refractivity contribution in [2.24, 2.45) is 0 Å². The van der Waals surface area contributed by atoms with Crippen LogP contribution in [0.1, 0.15) is 6.92 Å². The van der Waals surface area contributed by atoms with Gasteiger partial charge in [-0.2, -0.15) is 0 Å². The van der Waals surface area contributed by atoms with Crippen LogP contribution in [0, 0.1) is 0 Å². The Bertz CT molecular complexity index is 342. The summed E-state index contributed by atoms with van der Waals surface area (Å²) in [6, 6.07) is 7.42. The van der Waals surface area contributed by atoms with Crippen molar-refractivity contribution in [2.75, 3.05) is 28.4 Å². The van der Waals surface area contributed by atoms with Crippen LogP contribution in [-0.2, 0) is 18.0 Å². The van der Waals surface area contributed by atoms with Gasteiger partial charge in [0.1, 0.15) is 5.75 Å². The lowest BCUT2D eigenvalue weighted by molar-refractivity contribution is -0.0382. The third-order valence-corrected chi connectivity index (χ3v) is 5.30. The molecule has 1 rings (SSSR count). The maximum atomic E-state index is 5.50. The van der Waals surface area contributed by atoms with E-state index in [1.807, 2.05) is 31.2 Å². The second kappa shape index (κ2) is 6.86. The van der Waals surface area contributed by atoms with Crippen LogP contribution in [0.2, 0.25) is 0 Å². The molecule has 0 saturated carbocycles. The van der Waals surface area contributed by atoms with Crippen LogP contribution in [-0.4, -0.2) is 43.5 Å². The summed E-state index contributed by atoms with van der Waals surface area (Å²) in [7, 11) is 3.58. The molecule has 1 aromatic rings. The molecule has 0 bridgehead atoms. The quantitative estimate of drug-likeness (QED) is 0.550. The number of hydrogen-bond donors (Lipinski definition) is 0. The molecule has 1 atom stereocenters. The molecule has 0 aliphatic carbocycles. The van der Waals surface area contributed by atoms with Crippen molar-refractivity contribution in [3.8, 4) is 5.75 Å². The van der Waals surface area contributed by atoms with E-state index in [4.69, 9.17) is 22.8 Å². The second-order valence-corrected chi connectivity index (χ2v) is 6.53. The van der Waals surface area contributed by atoms with Gasteiger partial charge in [-0.25, -0.2) is 0 Å². The smallest absolute Gasteiger partial charge is 0.465 e. The first kappa shape index (κ1) is 15.1. The summed E-state index contributed by atoms with van der Waals surface area (Å²) in [6.07, 6.45) is -0.287. The Morgan fingerprint density at radius 2 is 1.39 bits per heavy atom. The van der Waals surface area contributed by atoms with Crippen molar-refractivity contribution in [1.29, 1.82) is 0 Å². The van der Waals surface area contributed by atoms with E-state index < -0.39 is 8.80 Å². The molecule has 5 nitrogen and oxygen atoms in total. The molecule has 0 aliphatic heterocycles. The van der Waals surface area contributed by atoms with Crippen LogP contribution in [0.15, 0.2) is 24.3 Å². The highest BCUT2D eigenvalue weighted by molar-refractivity contribution is 6.75. The largest absolute Gasteiger partial charge is 0.536 e. The Labute approximate surface area is 109 Å². The molecule has 6 heteroatoms. The number of hydrogen-bond acceptors (Lipinski definition) is 5. The SMILES string of the molecule is COC(C)Oc1ccc([Si](OC)(OC)OC)cc1. The van der Waals surface area contributed by atoms with Gasteiger partial charge in [0.05, 0.1) is 0 Å². The lowest BCUT2D eigenvalue weighted by Crippen LogP contribution is -2.54. The standard InChI is InChI=1S/C12H20O5Si/c1-10(13-2)17-11-6-8-12(9-7-11)18(14-3,15-4)16-5/h6-10H,1-5H3. The molecule has 1 aromatic carbocycles. The van der Waals surface area contributed by atoms with E-state index in [1.165, 1.54) is 0 Å². The van der Waals surface area contributed by atoms with Crippen molar-refractivity contribution >= 4 is 14.0 Å². The zero-order valence-corrected chi connectivity index (χ0v) is 12.4. The average Bonchev–Trinajstić information content (AvgIpc) is 2.43. The van der Waals surface area contributed by atoms with Crippen LogP contribution >= 0.6 is 0 Å². The van der Waals surface area contributed by atoms with Gasteiger partial charge in [-0.3, -0.25) is 0 Å². The zero-order chi connectivity index (χ0) is 13.6. The van der Waals surface area contributed by atoms with Gasteiger partial charge in [-0.1, -0.05) is 12.1 Å². The van der Waals surface area contributed by atoms with E-state index in [-0.39, 0.29) is 6.29 Å². The van der Waals surface area contributed by atoms with Crippen molar-refractivity contribution < 1.29 is 22.8 Å². The number of methoxy groups -OCH3 is 1. The molecule has 0 radical (unpaired) electrons. The molecule has 1 unspecified atom stereocenters. The van der Waals surface area contributed by atoms with Gasteiger partial charge in [-0.05, 0) is 19.1 Å². The second-order valence-electron chi connectivity index (χ2n) is 3.61. The Hall–Kier alpha value is -0.923. The summed E-state index contributed by atoms with van der Waals surface area (Å²) < 4.78 is 26.7. The van der Waals surface area contributed by atoms with Gasteiger partial charge in [-0.15, -0.1) is 0 Å². The summed E-state index contributed by atoms with van der Waals surface area (Å²) in [5, 5.41) is 0.882. The third kappa shape index (κ3) is 3.30. The average molecular weight is 272 g/mol. The van der Waals surface area contributed by atoms with E-state index in [1.54, 1.807) is 28.4 Å². The molecule has 0 amide bonds. The monoisotopic (exact) mass is 272 g/mol. The topological polar surface area (TPSA) is 46.2 Å². The van der Waals surface area contributed by atoms with Gasteiger partial charge in [0.2, 0.25) is 0 Å². The molecule has 0 aliphatic rings. The van der Waals surface area contributed by atoms with Gasteiger partial charge >= 0.3 is 8.80 Å². The summed E-state index contributed by atoms with van der Waals surface area (Å²) in [5.74, 6) is 0.722. The molecule has 0 N–H and O–H groups in total. The first-order chi connectivity index (χ1) is 8.61. The van der Waals surface area contributed by atoms with Crippen LogP contribution < -0.4 is 9.92 Å². The molecule has 0 heterocycles. The maximum Gasteiger partial charge on any atom is 0.536 e. The van der Waals surface area contributed by atoms with Gasteiger partial charge in [0.25, 0.3) is 0 Å². The van der Waals surface area contributed by atoms with Crippen molar-refractivity contribution in [3.63, 3.8) is 0 Å². The molecular formula is C12H20O5Si. The maximum absolute atomic E-state index is 5.50. The number of benzene rings is 1. The Balaban J connectivity index is 2.87. The van der Waals surface area contributed by atoms with E-state index >= 15 is 0 Å². The molecule has 102 valence electrons. The molecule has 0 aromatic heterocycles. The molecule has 0 spiro atoms. The van der Waals surface area contributed by atoms with E-state index in [9.17, 15) is 0 Å². The minimum absolute atomic E-state index is 0.287. The predicted molar refractivity (Wildman–Crippen MR) is 70.0 cm³/mol. The fourth-order valence-electron chi connectivity index (χ4n) is 1.58. The first-order valence-corrected chi connectivity index (χ1v) is 7.29.